The van der Waals surface area contributed by atoms with E-state index in [2.05, 4.69) is 27.8 Å². The van der Waals surface area contributed by atoms with Crippen LogP contribution in [0.5, 0.6) is 0 Å². The van der Waals surface area contributed by atoms with E-state index in [1.807, 2.05) is 24.3 Å². The fourth-order valence-corrected chi connectivity index (χ4v) is 2.19. The lowest BCUT2D eigenvalue weighted by Crippen LogP contribution is -2.13. The van der Waals surface area contributed by atoms with Crippen molar-refractivity contribution < 1.29 is 4.79 Å². The summed E-state index contributed by atoms with van der Waals surface area (Å²) in [4.78, 5) is 12.3. The largest absolute Gasteiger partial charge is 0.322 e. The van der Waals surface area contributed by atoms with Crippen molar-refractivity contribution in [1.29, 1.82) is 0 Å². The predicted octanol–water partition coefficient (Wildman–Crippen LogP) is 2.48. The van der Waals surface area contributed by atoms with Gasteiger partial charge in [0.1, 0.15) is 6.33 Å². The Morgan fingerprint density at radius 1 is 1.14 bits per heavy atom. The van der Waals surface area contributed by atoms with Gasteiger partial charge in [-0.15, -0.1) is 5.10 Å². The molecule has 0 aliphatic carbocycles. The maximum absolute atomic E-state index is 12.3. The third-order valence-electron chi connectivity index (χ3n) is 3.39. The van der Waals surface area contributed by atoms with Crippen LogP contribution in [-0.4, -0.2) is 26.1 Å². The van der Waals surface area contributed by atoms with E-state index in [1.165, 1.54) is 11.0 Å². The molecule has 0 saturated carbocycles. The number of carbonyl (C=O) groups is 1. The minimum Gasteiger partial charge on any atom is -0.322 e. The molecule has 0 unspecified atom stereocenters. The van der Waals surface area contributed by atoms with Gasteiger partial charge in [-0.25, -0.2) is 4.68 Å². The Morgan fingerprint density at radius 3 is 2.59 bits per heavy atom. The minimum absolute atomic E-state index is 0.135. The molecule has 0 bridgehead atoms. The lowest BCUT2D eigenvalue weighted by Gasteiger charge is -2.10. The molecule has 0 radical (unpaired) electrons. The van der Waals surface area contributed by atoms with Crippen LogP contribution in [-0.2, 0) is 6.42 Å². The summed E-state index contributed by atoms with van der Waals surface area (Å²) in [6.45, 7) is 2.06. The molecule has 0 aliphatic heterocycles. The van der Waals surface area contributed by atoms with E-state index < -0.39 is 0 Å². The number of aryl methyl sites for hydroxylation is 1. The SMILES string of the molecule is CCc1ccccc1NC(=O)c1ccc(-n2cnnn2)cc1. The van der Waals surface area contributed by atoms with Gasteiger partial charge in [0.05, 0.1) is 5.69 Å². The Morgan fingerprint density at radius 2 is 1.91 bits per heavy atom. The molecule has 3 rings (SSSR count). The number of hydrogen-bond donors (Lipinski definition) is 1. The molecular weight excluding hydrogens is 278 g/mol. The average Bonchev–Trinajstić information content (AvgIpc) is 3.10. The number of para-hydroxylation sites is 1. The minimum atomic E-state index is -0.135. The molecule has 1 heterocycles. The Hall–Kier alpha value is -3.02. The van der Waals surface area contributed by atoms with Crippen LogP contribution >= 0.6 is 0 Å². The molecule has 1 N–H and O–H groups in total. The summed E-state index contributed by atoms with van der Waals surface area (Å²) in [6.07, 6.45) is 2.38. The fraction of sp³-hybridized carbons (Fsp3) is 0.125. The van der Waals surface area contributed by atoms with Gasteiger partial charge in [0.25, 0.3) is 5.91 Å². The van der Waals surface area contributed by atoms with Gasteiger partial charge in [0.2, 0.25) is 0 Å². The van der Waals surface area contributed by atoms with Gasteiger partial charge >= 0.3 is 0 Å². The van der Waals surface area contributed by atoms with E-state index >= 15 is 0 Å². The van der Waals surface area contributed by atoms with Crippen molar-refractivity contribution in [2.45, 2.75) is 13.3 Å². The highest BCUT2D eigenvalue weighted by molar-refractivity contribution is 6.04. The number of hydrogen-bond acceptors (Lipinski definition) is 4. The zero-order valence-electron chi connectivity index (χ0n) is 12.1. The third kappa shape index (κ3) is 2.85. The van der Waals surface area contributed by atoms with Crippen molar-refractivity contribution in [3.05, 3.63) is 66.0 Å². The monoisotopic (exact) mass is 293 g/mol. The highest BCUT2D eigenvalue weighted by Gasteiger charge is 2.08. The predicted molar refractivity (Wildman–Crippen MR) is 82.9 cm³/mol. The zero-order chi connectivity index (χ0) is 15.4. The standard InChI is InChI=1S/C16H15N5O/c1-2-12-5-3-4-6-15(12)18-16(22)13-7-9-14(10-8-13)21-11-17-19-20-21/h3-11H,2H2,1H3,(H,18,22). The van der Waals surface area contributed by atoms with Crippen molar-refractivity contribution in [3.63, 3.8) is 0 Å². The lowest BCUT2D eigenvalue weighted by atomic mass is 10.1. The second-order valence-electron chi connectivity index (χ2n) is 4.77. The Bertz CT molecular complexity index is 765. The summed E-state index contributed by atoms with van der Waals surface area (Å²) in [6, 6.07) is 14.9. The summed E-state index contributed by atoms with van der Waals surface area (Å²) >= 11 is 0. The van der Waals surface area contributed by atoms with E-state index in [9.17, 15) is 4.79 Å². The number of nitrogens with one attached hydrogen (secondary N) is 1. The van der Waals surface area contributed by atoms with Crippen LogP contribution in [0.25, 0.3) is 5.69 Å². The Labute approximate surface area is 127 Å². The highest BCUT2D eigenvalue weighted by atomic mass is 16.1. The van der Waals surface area contributed by atoms with Crippen molar-refractivity contribution in [3.8, 4) is 5.69 Å². The number of benzene rings is 2. The number of carbonyl (C=O) groups excluding carboxylic acids is 1. The number of aromatic nitrogens is 4. The summed E-state index contributed by atoms with van der Waals surface area (Å²) in [5, 5.41) is 13.9. The van der Waals surface area contributed by atoms with Gasteiger partial charge in [-0.3, -0.25) is 4.79 Å². The van der Waals surface area contributed by atoms with Crippen molar-refractivity contribution in [1.82, 2.24) is 20.2 Å². The summed E-state index contributed by atoms with van der Waals surface area (Å²) < 4.78 is 1.54. The van der Waals surface area contributed by atoms with Crippen LogP contribution < -0.4 is 5.32 Å². The molecule has 6 heteroatoms. The summed E-state index contributed by atoms with van der Waals surface area (Å²) in [5.74, 6) is -0.135. The van der Waals surface area contributed by atoms with Crippen LogP contribution in [0.4, 0.5) is 5.69 Å². The molecule has 1 aromatic heterocycles. The van der Waals surface area contributed by atoms with Crippen molar-refractivity contribution in [2.24, 2.45) is 0 Å². The maximum Gasteiger partial charge on any atom is 0.255 e. The van der Waals surface area contributed by atoms with Gasteiger partial charge in [0.15, 0.2) is 0 Å². The molecule has 2 aromatic carbocycles. The number of amides is 1. The zero-order valence-corrected chi connectivity index (χ0v) is 12.1. The van der Waals surface area contributed by atoms with Crippen LogP contribution in [0.1, 0.15) is 22.8 Å². The van der Waals surface area contributed by atoms with E-state index in [1.54, 1.807) is 24.3 Å². The van der Waals surface area contributed by atoms with Gasteiger partial charge in [-0.1, -0.05) is 25.1 Å². The second-order valence-corrected chi connectivity index (χ2v) is 4.77. The van der Waals surface area contributed by atoms with Crippen LogP contribution in [0.2, 0.25) is 0 Å². The summed E-state index contributed by atoms with van der Waals surface area (Å²) in [5.41, 5.74) is 3.35. The third-order valence-corrected chi connectivity index (χ3v) is 3.39. The quantitative estimate of drug-likeness (QED) is 0.802. The first kappa shape index (κ1) is 13.9. The van der Waals surface area contributed by atoms with Gasteiger partial charge < -0.3 is 5.32 Å². The smallest absolute Gasteiger partial charge is 0.255 e. The molecule has 22 heavy (non-hydrogen) atoms. The topological polar surface area (TPSA) is 72.7 Å². The van der Waals surface area contributed by atoms with Gasteiger partial charge in [-0.05, 0) is 52.7 Å². The van der Waals surface area contributed by atoms with Crippen LogP contribution in [0, 0.1) is 0 Å². The van der Waals surface area contributed by atoms with Crippen LogP contribution in [0.15, 0.2) is 54.9 Å². The van der Waals surface area contributed by atoms with E-state index in [4.69, 9.17) is 0 Å². The number of anilines is 1. The van der Waals surface area contributed by atoms with E-state index in [-0.39, 0.29) is 5.91 Å². The molecule has 0 spiro atoms. The molecule has 0 atom stereocenters. The van der Waals surface area contributed by atoms with E-state index in [0.717, 1.165) is 23.4 Å². The first-order valence-corrected chi connectivity index (χ1v) is 7.00. The Balaban J connectivity index is 1.78. The molecule has 0 aliphatic rings. The normalized spacial score (nSPS) is 10.4. The van der Waals surface area contributed by atoms with Gasteiger partial charge in [0, 0.05) is 11.3 Å². The molecule has 6 nitrogen and oxygen atoms in total. The fourth-order valence-electron chi connectivity index (χ4n) is 2.19. The molecule has 1 amide bonds. The highest BCUT2D eigenvalue weighted by Crippen LogP contribution is 2.17. The number of tetrazole rings is 1. The molecule has 0 fully saturated rings. The van der Waals surface area contributed by atoms with Gasteiger partial charge in [-0.2, -0.15) is 0 Å². The number of rotatable bonds is 4. The Kier molecular flexibility index (Phi) is 3.91. The number of nitrogens with zero attached hydrogens (tertiary/aromatic N) is 4. The second kappa shape index (κ2) is 6.17. The average molecular weight is 293 g/mol. The molecule has 0 saturated heterocycles. The van der Waals surface area contributed by atoms with Crippen molar-refractivity contribution in [2.75, 3.05) is 5.32 Å². The molecule has 110 valence electrons. The molecular formula is C16H15N5O. The first-order valence-electron chi connectivity index (χ1n) is 7.00. The van der Waals surface area contributed by atoms with Crippen molar-refractivity contribution >= 4 is 11.6 Å². The molecule has 3 aromatic rings. The summed E-state index contributed by atoms with van der Waals surface area (Å²) in [7, 11) is 0. The maximum atomic E-state index is 12.3. The van der Waals surface area contributed by atoms with E-state index in [0.29, 0.717) is 5.56 Å². The first-order chi connectivity index (χ1) is 10.8. The lowest BCUT2D eigenvalue weighted by molar-refractivity contribution is 0.102. The van der Waals surface area contributed by atoms with Crippen LogP contribution in [0.3, 0.4) is 0 Å².